The van der Waals surface area contributed by atoms with Crippen molar-refractivity contribution in [2.24, 2.45) is 11.1 Å². The van der Waals surface area contributed by atoms with Crippen molar-refractivity contribution < 1.29 is 33.3 Å². The van der Waals surface area contributed by atoms with Crippen LogP contribution in [0.15, 0.2) is 11.2 Å². The standard InChI is InChI=1S/C16H19NO7/c1-5-21-16(18)11-8(2)12(24-17-11)9-6-10-14(23-7-22-10)15(20-4)13(9)19-3/h6,8,12H,5,7H2,1-4H3. The summed E-state index contributed by atoms with van der Waals surface area (Å²) in [6.07, 6.45) is -0.525. The minimum Gasteiger partial charge on any atom is -0.492 e. The van der Waals surface area contributed by atoms with Gasteiger partial charge in [0.05, 0.1) is 26.7 Å². The number of ether oxygens (including phenoxy) is 5. The molecule has 0 aliphatic carbocycles. The highest BCUT2D eigenvalue weighted by atomic mass is 16.7. The van der Waals surface area contributed by atoms with E-state index in [1.165, 1.54) is 14.2 Å². The summed E-state index contributed by atoms with van der Waals surface area (Å²) in [7, 11) is 3.04. The molecule has 0 saturated heterocycles. The number of rotatable bonds is 5. The Hall–Kier alpha value is -2.64. The third-order valence-corrected chi connectivity index (χ3v) is 3.95. The van der Waals surface area contributed by atoms with Crippen molar-refractivity contribution in [3.05, 3.63) is 11.6 Å². The summed E-state index contributed by atoms with van der Waals surface area (Å²) in [5.74, 6) is 1.09. The summed E-state index contributed by atoms with van der Waals surface area (Å²) in [4.78, 5) is 17.5. The van der Waals surface area contributed by atoms with Gasteiger partial charge in [0.25, 0.3) is 0 Å². The molecule has 8 heteroatoms. The van der Waals surface area contributed by atoms with Crippen LogP contribution in [0.5, 0.6) is 23.0 Å². The van der Waals surface area contributed by atoms with Crippen LogP contribution in [0.3, 0.4) is 0 Å². The Balaban J connectivity index is 1.98. The zero-order valence-corrected chi connectivity index (χ0v) is 14.0. The van der Waals surface area contributed by atoms with Crippen molar-refractivity contribution in [2.75, 3.05) is 27.6 Å². The van der Waals surface area contributed by atoms with Gasteiger partial charge in [-0.2, -0.15) is 0 Å². The fraction of sp³-hybridized carbons (Fsp3) is 0.500. The maximum atomic E-state index is 12.0. The molecule has 0 aromatic heterocycles. The molecule has 0 spiro atoms. The lowest BCUT2D eigenvalue weighted by molar-refractivity contribution is -0.135. The van der Waals surface area contributed by atoms with E-state index in [0.717, 1.165) is 0 Å². The Morgan fingerprint density at radius 3 is 2.71 bits per heavy atom. The molecule has 3 rings (SSSR count). The lowest BCUT2D eigenvalue weighted by Gasteiger charge is -2.20. The lowest BCUT2D eigenvalue weighted by atomic mass is 9.92. The molecular weight excluding hydrogens is 318 g/mol. The van der Waals surface area contributed by atoms with Crippen LogP contribution in [0.25, 0.3) is 0 Å². The largest absolute Gasteiger partial charge is 0.492 e. The first kappa shape index (κ1) is 16.2. The normalized spacial score (nSPS) is 21.1. The van der Waals surface area contributed by atoms with Crippen molar-refractivity contribution in [2.45, 2.75) is 20.0 Å². The van der Waals surface area contributed by atoms with Gasteiger partial charge in [0, 0.05) is 5.56 Å². The summed E-state index contributed by atoms with van der Waals surface area (Å²) >= 11 is 0. The predicted molar refractivity (Wildman–Crippen MR) is 82.7 cm³/mol. The monoisotopic (exact) mass is 337 g/mol. The third kappa shape index (κ3) is 2.47. The number of esters is 1. The van der Waals surface area contributed by atoms with Gasteiger partial charge in [-0.15, -0.1) is 0 Å². The number of carbonyl (C=O) groups excluding carboxylic acids is 1. The second-order valence-corrected chi connectivity index (χ2v) is 5.28. The van der Waals surface area contributed by atoms with Gasteiger partial charge in [-0.05, 0) is 13.0 Å². The summed E-state index contributed by atoms with van der Waals surface area (Å²) in [5.41, 5.74) is 0.898. The highest BCUT2D eigenvalue weighted by Crippen LogP contribution is 2.52. The zero-order chi connectivity index (χ0) is 17.3. The molecule has 1 aromatic rings. The van der Waals surface area contributed by atoms with Crippen molar-refractivity contribution >= 4 is 11.7 Å². The summed E-state index contributed by atoms with van der Waals surface area (Å²) < 4.78 is 26.8. The molecule has 2 aliphatic rings. The number of fused-ring (bicyclic) bond motifs is 1. The fourth-order valence-corrected chi connectivity index (χ4v) is 2.81. The number of oxime groups is 1. The van der Waals surface area contributed by atoms with E-state index >= 15 is 0 Å². The molecule has 2 aliphatic heterocycles. The molecule has 0 saturated carbocycles. The summed E-state index contributed by atoms with van der Waals surface area (Å²) in [6, 6.07) is 1.76. The third-order valence-electron chi connectivity index (χ3n) is 3.95. The number of methoxy groups -OCH3 is 2. The van der Waals surface area contributed by atoms with Crippen LogP contribution in [0.4, 0.5) is 0 Å². The topological polar surface area (TPSA) is 84.8 Å². The average molecular weight is 337 g/mol. The molecule has 0 fully saturated rings. The molecule has 2 unspecified atom stereocenters. The quantitative estimate of drug-likeness (QED) is 0.760. The van der Waals surface area contributed by atoms with E-state index in [-0.39, 0.29) is 25.0 Å². The Kier molecular flexibility index (Phi) is 4.37. The molecule has 2 heterocycles. The SMILES string of the molecule is CCOC(=O)C1=NOC(c2cc3c(c(OC)c2OC)OCO3)C1C. The van der Waals surface area contributed by atoms with E-state index in [9.17, 15) is 4.79 Å². The van der Waals surface area contributed by atoms with E-state index < -0.39 is 12.1 Å². The van der Waals surface area contributed by atoms with Crippen molar-refractivity contribution in [1.29, 1.82) is 0 Å². The van der Waals surface area contributed by atoms with Gasteiger partial charge in [-0.3, -0.25) is 0 Å². The Labute approximate surface area is 139 Å². The number of nitrogens with zero attached hydrogens (tertiary/aromatic N) is 1. The summed E-state index contributed by atoms with van der Waals surface area (Å²) in [5, 5.41) is 3.89. The molecule has 2 atom stereocenters. The first-order valence-electron chi connectivity index (χ1n) is 7.57. The molecule has 0 amide bonds. The smallest absolute Gasteiger partial charge is 0.356 e. The Bertz CT molecular complexity index is 685. The van der Waals surface area contributed by atoms with E-state index in [1.54, 1.807) is 13.0 Å². The number of carbonyl (C=O) groups is 1. The van der Waals surface area contributed by atoms with Gasteiger partial charge in [0.1, 0.15) is 0 Å². The van der Waals surface area contributed by atoms with Crippen LogP contribution < -0.4 is 18.9 Å². The molecular formula is C16H19NO7. The van der Waals surface area contributed by atoms with Crippen LogP contribution in [0.2, 0.25) is 0 Å². The second kappa shape index (κ2) is 6.46. The van der Waals surface area contributed by atoms with E-state index in [4.69, 9.17) is 28.5 Å². The second-order valence-electron chi connectivity index (χ2n) is 5.28. The first-order valence-corrected chi connectivity index (χ1v) is 7.57. The molecule has 0 N–H and O–H groups in total. The van der Waals surface area contributed by atoms with Crippen LogP contribution in [-0.2, 0) is 14.4 Å². The van der Waals surface area contributed by atoms with Crippen molar-refractivity contribution in [3.63, 3.8) is 0 Å². The molecule has 8 nitrogen and oxygen atoms in total. The van der Waals surface area contributed by atoms with E-state index in [2.05, 4.69) is 5.16 Å². The predicted octanol–water partition coefficient (Wildman–Crippen LogP) is 2.06. The molecule has 24 heavy (non-hydrogen) atoms. The fourth-order valence-electron chi connectivity index (χ4n) is 2.81. The summed E-state index contributed by atoms with van der Waals surface area (Å²) in [6.45, 7) is 3.95. The Morgan fingerprint density at radius 2 is 2.04 bits per heavy atom. The zero-order valence-electron chi connectivity index (χ0n) is 14.0. The first-order chi connectivity index (χ1) is 11.6. The maximum absolute atomic E-state index is 12.0. The highest BCUT2D eigenvalue weighted by molar-refractivity contribution is 6.37. The number of benzene rings is 1. The molecule has 0 bridgehead atoms. The minimum atomic E-state index is -0.525. The minimum absolute atomic E-state index is 0.101. The highest BCUT2D eigenvalue weighted by Gasteiger charge is 2.40. The van der Waals surface area contributed by atoms with Gasteiger partial charge in [0.2, 0.25) is 18.3 Å². The van der Waals surface area contributed by atoms with Gasteiger partial charge in [0.15, 0.2) is 23.3 Å². The molecule has 130 valence electrons. The van der Waals surface area contributed by atoms with Gasteiger partial charge in [-0.1, -0.05) is 12.1 Å². The lowest BCUT2D eigenvalue weighted by Crippen LogP contribution is -2.24. The van der Waals surface area contributed by atoms with E-state index in [1.807, 2.05) is 6.92 Å². The van der Waals surface area contributed by atoms with Gasteiger partial charge < -0.3 is 28.5 Å². The van der Waals surface area contributed by atoms with Crippen molar-refractivity contribution in [1.82, 2.24) is 0 Å². The molecule has 1 aromatic carbocycles. The van der Waals surface area contributed by atoms with Crippen molar-refractivity contribution in [3.8, 4) is 23.0 Å². The van der Waals surface area contributed by atoms with Crippen LogP contribution in [0.1, 0.15) is 25.5 Å². The van der Waals surface area contributed by atoms with Crippen LogP contribution >= 0.6 is 0 Å². The molecule has 0 radical (unpaired) electrons. The van der Waals surface area contributed by atoms with Crippen LogP contribution in [0, 0.1) is 5.92 Å². The van der Waals surface area contributed by atoms with Crippen LogP contribution in [-0.4, -0.2) is 39.3 Å². The Morgan fingerprint density at radius 1 is 1.29 bits per heavy atom. The van der Waals surface area contributed by atoms with E-state index in [0.29, 0.717) is 28.6 Å². The number of hydrogen-bond acceptors (Lipinski definition) is 8. The van der Waals surface area contributed by atoms with Gasteiger partial charge in [-0.25, -0.2) is 4.79 Å². The number of hydrogen-bond donors (Lipinski definition) is 0. The van der Waals surface area contributed by atoms with Gasteiger partial charge >= 0.3 is 5.97 Å². The average Bonchev–Trinajstić information content (AvgIpc) is 3.19. The maximum Gasteiger partial charge on any atom is 0.356 e.